The molecule has 2 aromatic rings. The topological polar surface area (TPSA) is 55.8 Å². The highest BCUT2D eigenvalue weighted by molar-refractivity contribution is 5.71. The predicted molar refractivity (Wildman–Crippen MR) is 65.6 cm³/mol. The second-order valence-corrected chi connectivity index (χ2v) is 3.53. The lowest BCUT2D eigenvalue weighted by Gasteiger charge is -2.16. The Hall–Kier alpha value is -2.49. The van der Waals surface area contributed by atoms with Crippen LogP contribution in [0.5, 0.6) is 11.5 Å². The standard InChI is InChI=1S/C14H12O4/c15-13(16)14(17-11-7-3-1-4-8-11)18-12-9-5-2-6-10-12/h1-10,14H,(H,15,16). The summed E-state index contributed by atoms with van der Waals surface area (Å²) in [7, 11) is 0. The van der Waals surface area contributed by atoms with Gasteiger partial charge in [-0.25, -0.2) is 4.79 Å². The van der Waals surface area contributed by atoms with Crippen molar-refractivity contribution in [3.05, 3.63) is 60.7 Å². The molecule has 0 amide bonds. The van der Waals surface area contributed by atoms with Gasteiger partial charge < -0.3 is 14.6 Å². The van der Waals surface area contributed by atoms with Crippen molar-refractivity contribution in [2.45, 2.75) is 6.29 Å². The average molecular weight is 244 g/mol. The molecule has 0 fully saturated rings. The third-order valence-electron chi connectivity index (χ3n) is 2.17. The van der Waals surface area contributed by atoms with Gasteiger partial charge in [0.05, 0.1) is 0 Å². The van der Waals surface area contributed by atoms with Gasteiger partial charge in [-0.05, 0) is 24.3 Å². The summed E-state index contributed by atoms with van der Waals surface area (Å²) in [6, 6.07) is 17.4. The number of ether oxygens (including phenoxy) is 2. The van der Waals surface area contributed by atoms with Crippen molar-refractivity contribution >= 4 is 5.97 Å². The van der Waals surface area contributed by atoms with E-state index >= 15 is 0 Å². The third-order valence-corrected chi connectivity index (χ3v) is 2.17. The van der Waals surface area contributed by atoms with E-state index in [2.05, 4.69) is 0 Å². The van der Waals surface area contributed by atoms with E-state index in [-0.39, 0.29) is 0 Å². The van der Waals surface area contributed by atoms with Gasteiger partial charge in [0.25, 0.3) is 0 Å². The Morgan fingerprint density at radius 1 is 0.833 bits per heavy atom. The van der Waals surface area contributed by atoms with Crippen LogP contribution >= 0.6 is 0 Å². The third kappa shape index (κ3) is 3.25. The van der Waals surface area contributed by atoms with E-state index < -0.39 is 12.3 Å². The fourth-order valence-corrected chi connectivity index (χ4v) is 1.37. The molecule has 1 N–H and O–H groups in total. The largest absolute Gasteiger partial charge is 0.476 e. The van der Waals surface area contributed by atoms with Gasteiger partial charge in [-0.2, -0.15) is 0 Å². The molecule has 0 aliphatic carbocycles. The molecule has 0 aromatic heterocycles. The van der Waals surface area contributed by atoms with Crippen LogP contribution in [0.3, 0.4) is 0 Å². The highest BCUT2D eigenvalue weighted by atomic mass is 16.7. The zero-order valence-corrected chi connectivity index (χ0v) is 9.52. The summed E-state index contributed by atoms with van der Waals surface area (Å²) in [5.41, 5.74) is 0. The number of carboxylic acids is 1. The van der Waals surface area contributed by atoms with Gasteiger partial charge in [-0.3, -0.25) is 0 Å². The molecule has 0 aliphatic heterocycles. The lowest BCUT2D eigenvalue weighted by molar-refractivity contribution is -0.158. The second-order valence-electron chi connectivity index (χ2n) is 3.53. The summed E-state index contributed by atoms with van der Waals surface area (Å²) in [4.78, 5) is 11.1. The minimum atomic E-state index is -1.37. The molecule has 4 heteroatoms. The summed E-state index contributed by atoms with van der Waals surface area (Å²) in [5, 5.41) is 9.05. The summed E-state index contributed by atoms with van der Waals surface area (Å²) < 4.78 is 10.5. The monoisotopic (exact) mass is 244 g/mol. The average Bonchev–Trinajstić information content (AvgIpc) is 2.40. The molecule has 4 nitrogen and oxygen atoms in total. The van der Waals surface area contributed by atoms with Crippen molar-refractivity contribution < 1.29 is 19.4 Å². The smallest absolute Gasteiger partial charge is 0.387 e. The van der Waals surface area contributed by atoms with Gasteiger partial charge in [-0.1, -0.05) is 36.4 Å². The van der Waals surface area contributed by atoms with Crippen molar-refractivity contribution in [1.29, 1.82) is 0 Å². The molecule has 0 radical (unpaired) electrons. The maximum absolute atomic E-state index is 11.1. The molecule has 0 saturated heterocycles. The van der Waals surface area contributed by atoms with E-state index in [1.54, 1.807) is 48.5 Å². The first-order chi connectivity index (χ1) is 8.75. The van der Waals surface area contributed by atoms with E-state index in [1.165, 1.54) is 0 Å². The number of hydrogen-bond acceptors (Lipinski definition) is 3. The van der Waals surface area contributed by atoms with Crippen molar-refractivity contribution in [2.75, 3.05) is 0 Å². The zero-order chi connectivity index (χ0) is 12.8. The molecule has 0 aliphatic rings. The number of rotatable bonds is 5. The minimum Gasteiger partial charge on any atom is -0.476 e. The lowest BCUT2D eigenvalue weighted by atomic mass is 10.3. The van der Waals surface area contributed by atoms with Crippen molar-refractivity contribution in [3.63, 3.8) is 0 Å². The Morgan fingerprint density at radius 3 is 1.56 bits per heavy atom. The molecule has 0 saturated carbocycles. The van der Waals surface area contributed by atoms with Crippen LogP contribution in [0.15, 0.2) is 60.7 Å². The quantitative estimate of drug-likeness (QED) is 0.821. The molecule has 18 heavy (non-hydrogen) atoms. The summed E-state index contributed by atoms with van der Waals surface area (Å²) >= 11 is 0. The molecular formula is C14H12O4. The Bertz CT molecular complexity index is 454. The van der Waals surface area contributed by atoms with Gasteiger partial charge in [0, 0.05) is 0 Å². The molecule has 0 heterocycles. The first-order valence-corrected chi connectivity index (χ1v) is 5.42. The molecule has 2 aromatic carbocycles. The minimum absolute atomic E-state index is 0.445. The van der Waals surface area contributed by atoms with Crippen LogP contribution in [-0.4, -0.2) is 17.4 Å². The summed E-state index contributed by atoms with van der Waals surface area (Å²) in [6.07, 6.45) is -1.37. The Kier molecular flexibility index (Phi) is 3.81. The van der Waals surface area contributed by atoms with Crippen LogP contribution in [0.2, 0.25) is 0 Å². The summed E-state index contributed by atoms with van der Waals surface area (Å²) in [5.74, 6) is -0.288. The maximum Gasteiger partial charge on any atom is 0.387 e. The predicted octanol–water partition coefficient (Wildman–Crippen LogP) is 2.56. The Balaban J connectivity index is 2.08. The Morgan fingerprint density at radius 2 is 1.22 bits per heavy atom. The number of para-hydroxylation sites is 2. The molecule has 2 rings (SSSR count). The SMILES string of the molecule is O=C(O)C(Oc1ccccc1)Oc1ccccc1. The number of hydrogen-bond donors (Lipinski definition) is 1. The van der Waals surface area contributed by atoms with Crippen LogP contribution in [0.25, 0.3) is 0 Å². The van der Waals surface area contributed by atoms with Gasteiger partial charge in [0.2, 0.25) is 0 Å². The van der Waals surface area contributed by atoms with E-state index in [0.29, 0.717) is 11.5 Å². The van der Waals surface area contributed by atoms with Gasteiger partial charge in [-0.15, -0.1) is 0 Å². The first-order valence-electron chi connectivity index (χ1n) is 5.42. The van der Waals surface area contributed by atoms with Crippen LogP contribution < -0.4 is 9.47 Å². The lowest BCUT2D eigenvalue weighted by Crippen LogP contribution is -2.33. The Labute approximate surface area is 104 Å². The van der Waals surface area contributed by atoms with Crippen LogP contribution in [0.4, 0.5) is 0 Å². The number of aliphatic carboxylic acids is 1. The highest BCUT2D eigenvalue weighted by Gasteiger charge is 2.21. The van der Waals surface area contributed by atoms with Crippen molar-refractivity contribution in [2.24, 2.45) is 0 Å². The molecule has 0 unspecified atom stereocenters. The van der Waals surface area contributed by atoms with E-state index in [9.17, 15) is 4.79 Å². The summed E-state index contributed by atoms with van der Waals surface area (Å²) in [6.45, 7) is 0. The van der Waals surface area contributed by atoms with Crippen molar-refractivity contribution in [1.82, 2.24) is 0 Å². The maximum atomic E-state index is 11.1. The van der Waals surface area contributed by atoms with Crippen LogP contribution in [-0.2, 0) is 4.79 Å². The van der Waals surface area contributed by atoms with Crippen LogP contribution in [0.1, 0.15) is 0 Å². The zero-order valence-electron chi connectivity index (χ0n) is 9.52. The van der Waals surface area contributed by atoms with Gasteiger partial charge >= 0.3 is 12.3 Å². The van der Waals surface area contributed by atoms with Gasteiger partial charge in [0.1, 0.15) is 11.5 Å². The van der Waals surface area contributed by atoms with Gasteiger partial charge in [0.15, 0.2) is 0 Å². The van der Waals surface area contributed by atoms with E-state index in [1.807, 2.05) is 12.1 Å². The molecule has 92 valence electrons. The number of benzene rings is 2. The molecular weight excluding hydrogens is 232 g/mol. The van der Waals surface area contributed by atoms with Crippen molar-refractivity contribution in [3.8, 4) is 11.5 Å². The fraction of sp³-hybridized carbons (Fsp3) is 0.0714. The molecule has 0 atom stereocenters. The highest BCUT2D eigenvalue weighted by Crippen LogP contribution is 2.15. The first kappa shape index (κ1) is 12.0. The normalized spacial score (nSPS) is 10.1. The molecule has 0 bridgehead atoms. The fourth-order valence-electron chi connectivity index (χ4n) is 1.37. The number of carboxylic acid groups (broad SMARTS) is 1. The van der Waals surface area contributed by atoms with E-state index in [4.69, 9.17) is 14.6 Å². The second kappa shape index (κ2) is 5.72. The number of carbonyl (C=O) groups is 1. The van der Waals surface area contributed by atoms with Crippen LogP contribution in [0, 0.1) is 0 Å². The molecule has 0 spiro atoms. The van der Waals surface area contributed by atoms with E-state index in [0.717, 1.165) is 0 Å².